The number of nitrogens with zero attached hydrogens (tertiary/aromatic N) is 1. The van der Waals surface area contributed by atoms with Crippen LogP contribution >= 0.6 is 11.6 Å². The van der Waals surface area contributed by atoms with Gasteiger partial charge in [0.05, 0.1) is 7.11 Å². The van der Waals surface area contributed by atoms with Gasteiger partial charge in [-0.05, 0) is 49.1 Å². The highest BCUT2D eigenvalue weighted by Gasteiger charge is 2.31. The highest BCUT2D eigenvalue weighted by molar-refractivity contribution is 6.30. The van der Waals surface area contributed by atoms with Crippen molar-refractivity contribution in [2.45, 2.75) is 57.7 Å². The molecular weight excluding hydrogens is 428 g/mol. The summed E-state index contributed by atoms with van der Waals surface area (Å²) in [5.41, 5.74) is 0.896. The second kappa shape index (κ2) is 11.8. The molecule has 0 spiro atoms. The maximum absolute atomic E-state index is 13.3. The molecule has 1 saturated carbocycles. The first-order valence-electron chi connectivity index (χ1n) is 11.1. The van der Waals surface area contributed by atoms with Crippen molar-refractivity contribution in [1.29, 1.82) is 0 Å². The first-order chi connectivity index (χ1) is 15.5. The SMILES string of the molecule is CC[C@H](C(=O)NC1CCCC1)N(Cc1ccc(Cl)cc1)C(=O)COc1ccccc1OC. The zero-order chi connectivity index (χ0) is 22.9. The van der Waals surface area contributed by atoms with Crippen LogP contribution in [0.15, 0.2) is 48.5 Å². The molecule has 0 aromatic heterocycles. The van der Waals surface area contributed by atoms with Crippen LogP contribution in [-0.4, -0.2) is 42.5 Å². The van der Waals surface area contributed by atoms with Crippen molar-refractivity contribution in [2.24, 2.45) is 0 Å². The monoisotopic (exact) mass is 458 g/mol. The van der Waals surface area contributed by atoms with Gasteiger partial charge in [-0.25, -0.2) is 0 Å². The fourth-order valence-corrected chi connectivity index (χ4v) is 4.16. The molecule has 0 saturated heterocycles. The number of rotatable bonds is 10. The molecule has 3 rings (SSSR count). The number of methoxy groups -OCH3 is 1. The smallest absolute Gasteiger partial charge is 0.261 e. The van der Waals surface area contributed by atoms with E-state index in [9.17, 15) is 9.59 Å². The summed E-state index contributed by atoms with van der Waals surface area (Å²) in [6, 6.07) is 14.1. The first-order valence-corrected chi connectivity index (χ1v) is 11.5. The van der Waals surface area contributed by atoms with Crippen molar-refractivity contribution >= 4 is 23.4 Å². The lowest BCUT2D eigenvalue weighted by atomic mass is 10.1. The number of para-hydroxylation sites is 2. The van der Waals surface area contributed by atoms with E-state index in [2.05, 4.69) is 5.32 Å². The van der Waals surface area contributed by atoms with Gasteiger partial charge in [-0.15, -0.1) is 0 Å². The van der Waals surface area contributed by atoms with Crippen molar-refractivity contribution < 1.29 is 19.1 Å². The number of amides is 2. The van der Waals surface area contributed by atoms with Crippen molar-refractivity contribution in [2.75, 3.05) is 13.7 Å². The number of hydrogen-bond donors (Lipinski definition) is 1. The van der Waals surface area contributed by atoms with E-state index in [0.717, 1.165) is 31.2 Å². The minimum Gasteiger partial charge on any atom is -0.493 e. The van der Waals surface area contributed by atoms with Crippen molar-refractivity contribution in [3.63, 3.8) is 0 Å². The van der Waals surface area contributed by atoms with Gasteiger partial charge in [0.1, 0.15) is 6.04 Å². The summed E-state index contributed by atoms with van der Waals surface area (Å²) in [6.07, 6.45) is 4.74. The van der Waals surface area contributed by atoms with Crippen LogP contribution in [0.4, 0.5) is 0 Å². The van der Waals surface area contributed by atoms with E-state index in [0.29, 0.717) is 29.5 Å². The molecule has 7 heteroatoms. The molecule has 32 heavy (non-hydrogen) atoms. The maximum Gasteiger partial charge on any atom is 0.261 e. The van der Waals surface area contributed by atoms with E-state index in [1.165, 1.54) is 0 Å². The lowest BCUT2D eigenvalue weighted by Crippen LogP contribution is -2.52. The third-order valence-corrected chi connectivity index (χ3v) is 6.03. The van der Waals surface area contributed by atoms with Crippen molar-refractivity contribution in [1.82, 2.24) is 10.2 Å². The zero-order valence-corrected chi connectivity index (χ0v) is 19.4. The molecule has 0 aliphatic heterocycles. The van der Waals surface area contributed by atoms with Gasteiger partial charge in [0.25, 0.3) is 5.91 Å². The van der Waals surface area contributed by atoms with E-state index in [1.54, 1.807) is 36.3 Å². The first kappa shape index (κ1) is 23.9. The maximum atomic E-state index is 13.3. The largest absolute Gasteiger partial charge is 0.493 e. The Hall–Kier alpha value is -2.73. The predicted molar refractivity (Wildman–Crippen MR) is 125 cm³/mol. The summed E-state index contributed by atoms with van der Waals surface area (Å²) in [4.78, 5) is 28.0. The van der Waals surface area contributed by atoms with E-state index in [4.69, 9.17) is 21.1 Å². The van der Waals surface area contributed by atoms with Crippen LogP contribution in [0.2, 0.25) is 5.02 Å². The Labute approximate surface area is 194 Å². The summed E-state index contributed by atoms with van der Waals surface area (Å²) in [5, 5.41) is 3.76. The molecule has 0 radical (unpaired) electrons. The van der Waals surface area contributed by atoms with Gasteiger partial charge in [-0.2, -0.15) is 0 Å². The Bertz CT molecular complexity index is 897. The third-order valence-electron chi connectivity index (χ3n) is 5.77. The van der Waals surface area contributed by atoms with Gasteiger partial charge < -0.3 is 19.7 Å². The number of carbonyl (C=O) groups excluding carboxylic acids is 2. The second-order valence-electron chi connectivity index (χ2n) is 8.00. The van der Waals surface area contributed by atoms with Crippen LogP contribution in [0.3, 0.4) is 0 Å². The molecule has 1 fully saturated rings. The van der Waals surface area contributed by atoms with Gasteiger partial charge in [0.2, 0.25) is 5.91 Å². The Morgan fingerprint density at radius 1 is 1.09 bits per heavy atom. The van der Waals surface area contributed by atoms with E-state index < -0.39 is 6.04 Å². The van der Waals surface area contributed by atoms with Gasteiger partial charge >= 0.3 is 0 Å². The van der Waals surface area contributed by atoms with Gasteiger partial charge in [-0.1, -0.05) is 55.6 Å². The number of nitrogens with one attached hydrogen (secondary N) is 1. The number of halogens is 1. The molecule has 0 bridgehead atoms. The number of carbonyl (C=O) groups is 2. The van der Waals surface area contributed by atoms with Crippen LogP contribution in [0, 0.1) is 0 Å². The molecule has 2 amide bonds. The van der Waals surface area contributed by atoms with Crippen LogP contribution in [-0.2, 0) is 16.1 Å². The quantitative estimate of drug-likeness (QED) is 0.565. The van der Waals surface area contributed by atoms with Crippen LogP contribution in [0.5, 0.6) is 11.5 Å². The van der Waals surface area contributed by atoms with E-state index in [-0.39, 0.29) is 24.5 Å². The highest BCUT2D eigenvalue weighted by Crippen LogP contribution is 2.26. The molecular formula is C25H31ClN2O4. The molecule has 2 aromatic rings. The Kier molecular flexibility index (Phi) is 8.80. The van der Waals surface area contributed by atoms with Gasteiger partial charge in [0.15, 0.2) is 18.1 Å². The summed E-state index contributed by atoms with van der Waals surface area (Å²) in [5.74, 6) is 0.659. The zero-order valence-electron chi connectivity index (χ0n) is 18.7. The van der Waals surface area contributed by atoms with Crippen molar-refractivity contribution in [3.05, 3.63) is 59.1 Å². The Morgan fingerprint density at radius 2 is 1.75 bits per heavy atom. The Balaban J connectivity index is 1.76. The van der Waals surface area contributed by atoms with Crippen LogP contribution in [0.25, 0.3) is 0 Å². The number of hydrogen-bond acceptors (Lipinski definition) is 4. The fraction of sp³-hybridized carbons (Fsp3) is 0.440. The average molecular weight is 459 g/mol. The fourth-order valence-electron chi connectivity index (χ4n) is 4.03. The molecule has 0 unspecified atom stereocenters. The summed E-state index contributed by atoms with van der Waals surface area (Å²) in [7, 11) is 1.55. The summed E-state index contributed by atoms with van der Waals surface area (Å²) in [6.45, 7) is 2.02. The number of benzene rings is 2. The van der Waals surface area contributed by atoms with Crippen LogP contribution < -0.4 is 14.8 Å². The lowest BCUT2D eigenvalue weighted by molar-refractivity contribution is -0.143. The summed E-state index contributed by atoms with van der Waals surface area (Å²) >= 11 is 6.02. The highest BCUT2D eigenvalue weighted by atomic mass is 35.5. The normalized spacial score (nSPS) is 14.6. The Morgan fingerprint density at radius 3 is 2.38 bits per heavy atom. The molecule has 6 nitrogen and oxygen atoms in total. The van der Waals surface area contributed by atoms with E-state index in [1.807, 2.05) is 31.2 Å². The molecule has 0 heterocycles. The predicted octanol–water partition coefficient (Wildman–Crippen LogP) is 4.59. The molecule has 1 aliphatic rings. The average Bonchev–Trinajstić information content (AvgIpc) is 3.31. The van der Waals surface area contributed by atoms with E-state index >= 15 is 0 Å². The summed E-state index contributed by atoms with van der Waals surface area (Å²) < 4.78 is 11.1. The molecule has 172 valence electrons. The van der Waals surface area contributed by atoms with Crippen LogP contribution in [0.1, 0.15) is 44.6 Å². The minimum atomic E-state index is -0.583. The minimum absolute atomic E-state index is 0.112. The van der Waals surface area contributed by atoms with Gasteiger partial charge in [0, 0.05) is 17.6 Å². The molecule has 1 atom stereocenters. The lowest BCUT2D eigenvalue weighted by Gasteiger charge is -2.31. The second-order valence-corrected chi connectivity index (χ2v) is 8.44. The topological polar surface area (TPSA) is 67.9 Å². The standard InChI is InChI=1S/C25H31ClN2O4/c1-3-21(25(30)27-20-8-4-5-9-20)28(16-18-12-14-19(26)15-13-18)24(29)17-32-23-11-7-6-10-22(23)31-2/h6-7,10-15,20-21H,3-5,8-9,16-17H2,1-2H3,(H,27,30)/t21-/m1/s1. The van der Waals surface area contributed by atoms with Crippen molar-refractivity contribution in [3.8, 4) is 11.5 Å². The molecule has 1 aliphatic carbocycles. The third kappa shape index (κ3) is 6.39. The molecule has 2 aromatic carbocycles. The molecule has 1 N–H and O–H groups in total. The number of ether oxygens (including phenoxy) is 2. The van der Waals surface area contributed by atoms with Gasteiger partial charge in [-0.3, -0.25) is 9.59 Å².